The van der Waals surface area contributed by atoms with Crippen molar-refractivity contribution in [1.82, 2.24) is 21.3 Å². The van der Waals surface area contributed by atoms with Gasteiger partial charge in [-0.25, -0.2) is 14.4 Å². The smallest absolute Gasteiger partial charge is 0.407 e. The lowest BCUT2D eigenvalue weighted by Gasteiger charge is -2.65. The van der Waals surface area contributed by atoms with Gasteiger partial charge in [-0.05, 0) is 200 Å². The fraction of sp³-hybridized carbons (Fsp3) is 0.946. The predicted octanol–water partition coefficient (Wildman–Crippen LogP) is 12.1. The van der Waals surface area contributed by atoms with Crippen LogP contribution in [0.1, 0.15) is 206 Å². The summed E-state index contributed by atoms with van der Waals surface area (Å²) in [5.74, 6) is 2.87. The van der Waals surface area contributed by atoms with Gasteiger partial charge in [0.05, 0.1) is 18.3 Å². The quantitative estimate of drug-likeness (QED) is 0.0462. The monoisotopic (exact) mass is 977 g/mol. The van der Waals surface area contributed by atoms with Gasteiger partial charge < -0.3 is 49.7 Å². The number of carbonyl (C=O) groups is 3. The molecule has 3 amide bonds. The molecule has 4 unspecified atom stereocenters. The fourth-order valence-electron chi connectivity index (χ4n) is 13.0. The highest BCUT2D eigenvalue weighted by molar-refractivity contribution is 5.68. The largest absolute Gasteiger partial charge is 0.444 e. The van der Waals surface area contributed by atoms with Crippen LogP contribution in [-0.2, 0) is 28.4 Å². The minimum atomic E-state index is -0.546. The van der Waals surface area contributed by atoms with E-state index in [-0.39, 0.29) is 41.3 Å². The number of nitrogens with one attached hydrogen (secondary N) is 4. The first-order valence-electron chi connectivity index (χ1n) is 27.9. The standard InChI is InChI=1S/C56H104N4O9/c1-14-15-16-17-18-19-29-57-30-20-24-40(2)43-25-26-44-48-45(39-47(56(43,44)13)66-36-23-33-60-51(63)69-54(9,10)11)55(12)28-27-42(64-34-21-31-58-49(61)67-52(3,4)5)37-41(55)38-46(48)65-35-22-32-59-50(62)68-53(6,7)8/h40-48,57H,14-39H2,1-13H3,(H,58,61)(H,59,62)(H,60,63)/t40-,41?,42-,43-,44?,45?,46-,47+,48?,55+,56-/m1/s1. The molecule has 4 aliphatic carbocycles. The summed E-state index contributed by atoms with van der Waals surface area (Å²) in [4.78, 5) is 37.3. The third-order valence-corrected chi connectivity index (χ3v) is 16.1. The van der Waals surface area contributed by atoms with Gasteiger partial charge in [0.2, 0.25) is 0 Å². The summed E-state index contributed by atoms with van der Waals surface area (Å²) in [6, 6.07) is 0. The van der Waals surface area contributed by atoms with Gasteiger partial charge in [-0.2, -0.15) is 0 Å². The molecular formula is C56H104N4O9. The van der Waals surface area contributed by atoms with Gasteiger partial charge >= 0.3 is 18.3 Å². The molecule has 0 bridgehead atoms. The van der Waals surface area contributed by atoms with Crippen molar-refractivity contribution < 1.29 is 42.8 Å². The van der Waals surface area contributed by atoms with Crippen molar-refractivity contribution in [3.8, 4) is 0 Å². The summed E-state index contributed by atoms with van der Waals surface area (Å²) in [6.07, 6.45) is 19.3. The van der Waals surface area contributed by atoms with Gasteiger partial charge in [0.15, 0.2) is 0 Å². The van der Waals surface area contributed by atoms with Gasteiger partial charge in [-0.15, -0.1) is 0 Å². The zero-order chi connectivity index (χ0) is 50.9. The van der Waals surface area contributed by atoms with Crippen molar-refractivity contribution in [2.24, 2.45) is 46.3 Å². The summed E-state index contributed by atoms with van der Waals surface area (Å²) >= 11 is 0. The Morgan fingerprint density at radius 3 is 1.67 bits per heavy atom. The van der Waals surface area contributed by atoms with E-state index in [4.69, 9.17) is 28.4 Å². The van der Waals surface area contributed by atoms with E-state index in [1.54, 1.807) is 0 Å². The highest BCUT2D eigenvalue weighted by Gasteiger charge is 2.66. The molecule has 4 rings (SSSR count). The molecule has 0 aromatic heterocycles. The maximum atomic E-state index is 12.5. The summed E-state index contributed by atoms with van der Waals surface area (Å²) in [5.41, 5.74) is -1.51. The van der Waals surface area contributed by atoms with E-state index in [1.807, 2.05) is 62.3 Å². The number of hydrogen-bond acceptors (Lipinski definition) is 10. The second-order valence-electron chi connectivity index (χ2n) is 25.0. The fourth-order valence-corrected chi connectivity index (χ4v) is 13.0. The van der Waals surface area contributed by atoms with Crippen LogP contribution in [0.25, 0.3) is 0 Å². The SMILES string of the molecule is CCCCCCCCNCCC[C@@H](C)[C@H]1CCC2C3C(C[C@H](OCCCNC(=O)OC(C)(C)C)[C@@]21C)[C@@]1(C)CC[C@@H](OCCCNC(=O)OC(C)(C)C)CC1C[C@H]3OCCCNC(=O)OC(C)(C)C. The molecule has 0 heterocycles. The maximum absolute atomic E-state index is 12.5. The van der Waals surface area contributed by atoms with Gasteiger partial charge in [0.1, 0.15) is 16.8 Å². The van der Waals surface area contributed by atoms with Crippen LogP contribution < -0.4 is 21.3 Å². The average Bonchev–Trinajstić information content (AvgIpc) is 3.60. The van der Waals surface area contributed by atoms with E-state index in [2.05, 4.69) is 49.0 Å². The topological polar surface area (TPSA) is 155 Å². The highest BCUT2D eigenvalue weighted by Crippen LogP contribution is 2.69. The molecule has 0 radical (unpaired) electrons. The minimum Gasteiger partial charge on any atom is -0.444 e. The molecule has 4 N–H and O–H groups in total. The van der Waals surface area contributed by atoms with Gasteiger partial charge in [0, 0.05) is 44.9 Å². The maximum Gasteiger partial charge on any atom is 0.407 e. The third-order valence-electron chi connectivity index (χ3n) is 16.1. The van der Waals surface area contributed by atoms with Crippen molar-refractivity contribution in [2.45, 2.75) is 241 Å². The van der Waals surface area contributed by atoms with Crippen LogP contribution >= 0.6 is 0 Å². The number of fused-ring (bicyclic) bond motifs is 5. The average molecular weight is 977 g/mol. The molecule has 0 aliphatic heterocycles. The molecule has 11 atom stereocenters. The van der Waals surface area contributed by atoms with Gasteiger partial charge in [0.25, 0.3) is 0 Å². The van der Waals surface area contributed by atoms with E-state index >= 15 is 0 Å². The lowest BCUT2D eigenvalue weighted by atomic mass is 9.43. The van der Waals surface area contributed by atoms with E-state index in [0.29, 0.717) is 75.0 Å². The molecule has 0 saturated heterocycles. The Bertz CT molecular complexity index is 1530. The zero-order valence-electron chi connectivity index (χ0n) is 46.3. The van der Waals surface area contributed by atoms with E-state index < -0.39 is 22.9 Å². The van der Waals surface area contributed by atoms with E-state index in [1.165, 1.54) is 64.2 Å². The molecule has 13 nitrogen and oxygen atoms in total. The normalized spacial score (nSPS) is 29.5. The van der Waals surface area contributed by atoms with Crippen molar-refractivity contribution >= 4 is 18.3 Å². The molecule has 4 saturated carbocycles. The number of unbranched alkanes of at least 4 members (excludes halogenated alkanes) is 5. The number of rotatable bonds is 27. The van der Waals surface area contributed by atoms with Crippen LogP contribution in [0.5, 0.6) is 0 Å². The first-order valence-corrected chi connectivity index (χ1v) is 27.9. The number of carbonyl (C=O) groups excluding carboxylic acids is 3. The predicted molar refractivity (Wildman–Crippen MR) is 276 cm³/mol. The molecule has 0 aromatic carbocycles. The Morgan fingerprint density at radius 2 is 1.10 bits per heavy atom. The van der Waals surface area contributed by atoms with Crippen LogP contribution in [0.15, 0.2) is 0 Å². The van der Waals surface area contributed by atoms with Crippen LogP contribution in [0.2, 0.25) is 0 Å². The van der Waals surface area contributed by atoms with Crippen molar-refractivity contribution in [2.75, 3.05) is 52.5 Å². The molecule has 402 valence electrons. The van der Waals surface area contributed by atoms with Gasteiger partial charge in [-0.1, -0.05) is 59.8 Å². The molecule has 4 fully saturated rings. The summed E-state index contributed by atoms with van der Waals surface area (Å²) in [7, 11) is 0. The van der Waals surface area contributed by atoms with Crippen LogP contribution in [0, 0.1) is 46.3 Å². The van der Waals surface area contributed by atoms with E-state index in [9.17, 15) is 14.4 Å². The molecule has 0 spiro atoms. The second-order valence-corrected chi connectivity index (χ2v) is 25.0. The molecule has 4 aliphatic rings. The number of amides is 3. The highest BCUT2D eigenvalue weighted by atomic mass is 16.6. The Morgan fingerprint density at radius 1 is 0.580 bits per heavy atom. The van der Waals surface area contributed by atoms with Gasteiger partial charge in [-0.3, -0.25) is 0 Å². The lowest BCUT2D eigenvalue weighted by Crippen LogP contribution is -2.63. The Balaban J connectivity index is 1.50. The number of hydrogen-bond donors (Lipinski definition) is 4. The molecular weight excluding hydrogens is 873 g/mol. The first kappa shape index (κ1) is 59.2. The van der Waals surface area contributed by atoms with Crippen LogP contribution in [0.4, 0.5) is 14.4 Å². The Hall–Kier alpha value is -2.35. The summed E-state index contributed by atoms with van der Waals surface area (Å²) in [5, 5.41) is 12.6. The van der Waals surface area contributed by atoms with E-state index in [0.717, 1.165) is 64.5 Å². The molecule has 13 heteroatoms. The molecule has 69 heavy (non-hydrogen) atoms. The Kier molecular flexibility index (Phi) is 23.7. The number of ether oxygens (including phenoxy) is 6. The lowest BCUT2D eigenvalue weighted by molar-refractivity contribution is -0.227. The van der Waals surface area contributed by atoms with Crippen molar-refractivity contribution in [3.05, 3.63) is 0 Å². The van der Waals surface area contributed by atoms with Crippen molar-refractivity contribution in [1.29, 1.82) is 0 Å². The Labute approximate surface area is 420 Å². The first-order chi connectivity index (χ1) is 32.5. The molecule has 0 aromatic rings. The minimum absolute atomic E-state index is 0.0121. The number of alkyl carbamates (subject to hydrolysis) is 3. The summed E-state index contributed by atoms with van der Waals surface area (Å²) < 4.78 is 37.4. The van der Waals surface area contributed by atoms with Crippen LogP contribution in [0.3, 0.4) is 0 Å². The zero-order valence-corrected chi connectivity index (χ0v) is 46.3. The van der Waals surface area contributed by atoms with Crippen molar-refractivity contribution in [3.63, 3.8) is 0 Å². The summed E-state index contributed by atoms with van der Waals surface area (Å²) in [6.45, 7) is 32.4. The third kappa shape index (κ3) is 19.2. The second kappa shape index (κ2) is 27.6. The van der Waals surface area contributed by atoms with Crippen LogP contribution in [-0.4, -0.2) is 106 Å².